The molecular formula is C16H31N3O3. The van der Waals surface area contributed by atoms with Crippen molar-refractivity contribution in [2.24, 2.45) is 5.73 Å². The minimum Gasteiger partial charge on any atom is -0.444 e. The first-order valence-corrected chi connectivity index (χ1v) is 8.36. The first-order valence-electron chi connectivity index (χ1n) is 8.36. The van der Waals surface area contributed by atoms with Crippen LogP contribution in [0.25, 0.3) is 0 Å². The van der Waals surface area contributed by atoms with E-state index in [9.17, 15) is 4.79 Å². The summed E-state index contributed by atoms with van der Waals surface area (Å²) in [5.41, 5.74) is 5.47. The van der Waals surface area contributed by atoms with Crippen LogP contribution in [0.3, 0.4) is 0 Å². The van der Waals surface area contributed by atoms with Gasteiger partial charge in [0, 0.05) is 38.8 Å². The highest BCUT2D eigenvalue weighted by Crippen LogP contribution is 2.22. The van der Waals surface area contributed by atoms with Gasteiger partial charge in [-0.15, -0.1) is 0 Å². The van der Waals surface area contributed by atoms with Crippen LogP contribution >= 0.6 is 0 Å². The van der Waals surface area contributed by atoms with Crippen molar-refractivity contribution in [2.75, 3.05) is 32.7 Å². The molecule has 2 aliphatic rings. The van der Waals surface area contributed by atoms with E-state index in [0.29, 0.717) is 31.8 Å². The van der Waals surface area contributed by atoms with Crippen molar-refractivity contribution in [3.05, 3.63) is 0 Å². The SMILES string of the molecule is CC1CCC(CN2CCN(C(=O)OC(C)(C)C)CC2CN)O1. The van der Waals surface area contributed by atoms with Crippen molar-refractivity contribution in [2.45, 2.75) is 64.4 Å². The number of rotatable bonds is 3. The van der Waals surface area contributed by atoms with Gasteiger partial charge < -0.3 is 20.1 Å². The summed E-state index contributed by atoms with van der Waals surface area (Å²) in [5, 5.41) is 0. The van der Waals surface area contributed by atoms with E-state index in [1.54, 1.807) is 4.90 Å². The van der Waals surface area contributed by atoms with Gasteiger partial charge in [-0.05, 0) is 40.5 Å². The van der Waals surface area contributed by atoms with Crippen LogP contribution in [0.15, 0.2) is 0 Å². The smallest absolute Gasteiger partial charge is 0.410 e. The van der Waals surface area contributed by atoms with Gasteiger partial charge in [-0.2, -0.15) is 0 Å². The van der Waals surface area contributed by atoms with E-state index in [-0.39, 0.29) is 12.1 Å². The molecule has 2 rings (SSSR count). The Morgan fingerprint density at radius 2 is 2.05 bits per heavy atom. The first-order chi connectivity index (χ1) is 10.3. The molecule has 0 saturated carbocycles. The second-order valence-electron chi connectivity index (χ2n) is 7.46. The zero-order valence-corrected chi connectivity index (χ0v) is 14.4. The van der Waals surface area contributed by atoms with Crippen LogP contribution in [-0.2, 0) is 9.47 Å². The number of nitrogens with two attached hydrogens (primary N) is 1. The number of amides is 1. The molecule has 0 aliphatic carbocycles. The number of carbonyl (C=O) groups excluding carboxylic acids is 1. The molecule has 2 saturated heterocycles. The van der Waals surface area contributed by atoms with E-state index >= 15 is 0 Å². The van der Waals surface area contributed by atoms with Crippen LogP contribution in [-0.4, -0.2) is 72.5 Å². The summed E-state index contributed by atoms with van der Waals surface area (Å²) in [6.07, 6.45) is 2.68. The van der Waals surface area contributed by atoms with Gasteiger partial charge in [-0.25, -0.2) is 4.79 Å². The molecule has 0 bridgehead atoms. The van der Waals surface area contributed by atoms with Gasteiger partial charge in [0.2, 0.25) is 0 Å². The molecule has 0 aromatic heterocycles. The van der Waals surface area contributed by atoms with E-state index in [0.717, 1.165) is 25.9 Å². The van der Waals surface area contributed by atoms with Crippen molar-refractivity contribution in [3.63, 3.8) is 0 Å². The highest BCUT2D eigenvalue weighted by atomic mass is 16.6. The Morgan fingerprint density at radius 3 is 2.59 bits per heavy atom. The number of ether oxygens (including phenoxy) is 2. The third-order valence-electron chi connectivity index (χ3n) is 4.29. The highest BCUT2D eigenvalue weighted by Gasteiger charge is 2.33. The molecule has 2 heterocycles. The van der Waals surface area contributed by atoms with Crippen LogP contribution in [0, 0.1) is 0 Å². The lowest BCUT2D eigenvalue weighted by Gasteiger charge is -2.42. The molecule has 0 radical (unpaired) electrons. The second-order valence-corrected chi connectivity index (χ2v) is 7.46. The quantitative estimate of drug-likeness (QED) is 0.854. The summed E-state index contributed by atoms with van der Waals surface area (Å²) >= 11 is 0. The third-order valence-corrected chi connectivity index (χ3v) is 4.29. The summed E-state index contributed by atoms with van der Waals surface area (Å²) in [5.74, 6) is 0. The number of carbonyl (C=O) groups is 1. The summed E-state index contributed by atoms with van der Waals surface area (Å²) in [7, 11) is 0. The Morgan fingerprint density at radius 1 is 1.32 bits per heavy atom. The number of hydrogen-bond donors (Lipinski definition) is 1. The minimum atomic E-state index is -0.458. The molecule has 6 heteroatoms. The third kappa shape index (κ3) is 4.83. The molecule has 128 valence electrons. The van der Waals surface area contributed by atoms with E-state index < -0.39 is 5.60 Å². The lowest BCUT2D eigenvalue weighted by molar-refractivity contribution is -0.0140. The van der Waals surface area contributed by atoms with Gasteiger partial charge in [0.15, 0.2) is 0 Å². The fourth-order valence-electron chi connectivity index (χ4n) is 3.13. The molecule has 22 heavy (non-hydrogen) atoms. The fraction of sp³-hybridized carbons (Fsp3) is 0.938. The van der Waals surface area contributed by atoms with Crippen LogP contribution < -0.4 is 5.73 Å². The molecule has 1 amide bonds. The van der Waals surface area contributed by atoms with Gasteiger partial charge in [0.05, 0.1) is 12.2 Å². The molecule has 2 fully saturated rings. The Bertz CT molecular complexity index is 383. The number of hydrogen-bond acceptors (Lipinski definition) is 5. The van der Waals surface area contributed by atoms with Gasteiger partial charge >= 0.3 is 6.09 Å². The van der Waals surface area contributed by atoms with Crippen molar-refractivity contribution in [1.82, 2.24) is 9.80 Å². The van der Waals surface area contributed by atoms with E-state index in [4.69, 9.17) is 15.2 Å². The van der Waals surface area contributed by atoms with Crippen LogP contribution in [0.1, 0.15) is 40.5 Å². The van der Waals surface area contributed by atoms with Gasteiger partial charge in [-0.1, -0.05) is 0 Å². The van der Waals surface area contributed by atoms with Crippen molar-refractivity contribution in [1.29, 1.82) is 0 Å². The van der Waals surface area contributed by atoms with E-state index in [2.05, 4.69) is 11.8 Å². The molecule has 0 spiro atoms. The Balaban J connectivity index is 1.86. The Hall–Kier alpha value is -0.850. The van der Waals surface area contributed by atoms with Gasteiger partial charge in [0.1, 0.15) is 5.60 Å². The maximum atomic E-state index is 12.2. The van der Waals surface area contributed by atoms with Crippen LogP contribution in [0.2, 0.25) is 0 Å². The van der Waals surface area contributed by atoms with Crippen molar-refractivity contribution in [3.8, 4) is 0 Å². The molecule has 0 aromatic rings. The maximum Gasteiger partial charge on any atom is 0.410 e. The molecule has 3 atom stereocenters. The summed E-state index contributed by atoms with van der Waals surface area (Å²) < 4.78 is 11.4. The molecule has 3 unspecified atom stereocenters. The molecule has 0 aromatic carbocycles. The molecule has 6 nitrogen and oxygen atoms in total. The summed E-state index contributed by atoms with van der Waals surface area (Å²) in [6, 6.07) is 0.181. The Kier molecular flexibility index (Phi) is 5.69. The van der Waals surface area contributed by atoms with Gasteiger partial charge in [-0.3, -0.25) is 4.90 Å². The second kappa shape index (κ2) is 7.15. The minimum absolute atomic E-state index is 0.181. The average molecular weight is 313 g/mol. The topological polar surface area (TPSA) is 68.0 Å². The normalized spacial score (nSPS) is 30.6. The standard InChI is InChI=1S/C16H31N3O3/c1-12-5-6-14(21-12)11-18-7-8-19(10-13(18)9-17)15(20)22-16(2,3)4/h12-14H,5-11,17H2,1-4H3. The fourth-order valence-corrected chi connectivity index (χ4v) is 3.13. The monoisotopic (exact) mass is 313 g/mol. The predicted octanol–water partition coefficient (Wildman–Crippen LogP) is 1.43. The largest absolute Gasteiger partial charge is 0.444 e. The molecule has 2 N–H and O–H groups in total. The average Bonchev–Trinajstić information content (AvgIpc) is 2.82. The zero-order chi connectivity index (χ0) is 16.3. The van der Waals surface area contributed by atoms with E-state index in [1.165, 1.54) is 0 Å². The lowest BCUT2D eigenvalue weighted by atomic mass is 10.1. The summed E-state index contributed by atoms with van der Waals surface area (Å²) in [4.78, 5) is 16.3. The Labute approximate surface area is 133 Å². The first kappa shape index (κ1) is 17.5. The van der Waals surface area contributed by atoms with Crippen LogP contribution in [0.4, 0.5) is 4.79 Å². The molecule has 2 aliphatic heterocycles. The van der Waals surface area contributed by atoms with E-state index in [1.807, 2.05) is 20.8 Å². The highest BCUT2D eigenvalue weighted by molar-refractivity contribution is 5.68. The predicted molar refractivity (Wildman–Crippen MR) is 85.8 cm³/mol. The number of nitrogens with zero attached hydrogens (tertiary/aromatic N) is 2. The van der Waals surface area contributed by atoms with Crippen molar-refractivity contribution < 1.29 is 14.3 Å². The lowest BCUT2D eigenvalue weighted by Crippen LogP contribution is -2.59. The zero-order valence-electron chi connectivity index (χ0n) is 14.4. The maximum absolute atomic E-state index is 12.2. The summed E-state index contributed by atoms with van der Waals surface area (Å²) in [6.45, 7) is 11.4. The van der Waals surface area contributed by atoms with Crippen molar-refractivity contribution >= 4 is 6.09 Å². The number of piperazine rings is 1. The van der Waals surface area contributed by atoms with Crippen LogP contribution in [0.5, 0.6) is 0 Å². The molecular weight excluding hydrogens is 282 g/mol. The van der Waals surface area contributed by atoms with Gasteiger partial charge in [0.25, 0.3) is 0 Å².